The molecule has 0 unspecified atom stereocenters. The van der Waals surface area contributed by atoms with E-state index in [-0.39, 0.29) is 22.9 Å². The van der Waals surface area contributed by atoms with Crippen LogP contribution in [0.3, 0.4) is 0 Å². The molecule has 100 valence electrons. The lowest BCUT2D eigenvalue weighted by atomic mass is 10.2. The van der Waals surface area contributed by atoms with Crippen LogP contribution in [0.4, 0.5) is 11.4 Å². The molecule has 0 spiro atoms. The maximum Gasteiger partial charge on any atom is 0.346 e. The average Bonchev–Trinajstić information content (AvgIpc) is 2.74. The van der Waals surface area contributed by atoms with Gasteiger partial charge in [0.15, 0.2) is 5.75 Å². The van der Waals surface area contributed by atoms with Gasteiger partial charge in [-0.2, -0.15) is 0 Å². The number of nitrogens with one attached hydrogen (secondary N) is 1. The van der Waals surface area contributed by atoms with Crippen LogP contribution >= 0.6 is 11.3 Å². The molecule has 0 amide bonds. The van der Waals surface area contributed by atoms with Crippen molar-refractivity contribution in [3.8, 4) is 5.75 Å². The second-order valence-corrected chi connectivity index (χ2v) is 4.71. The third-order valence-corrected chi connectivity index (χ3v) is 3.72. The van der Waals surface area contributed by atoms with Gasteiger partial charge in [-0.05, 0) is 19.4 Å². The topological polar surface area (TPSA) is 92.7 Å². The van der Waals surface area contributed by atoms with Crippen molar-refractivity contribution in [3.63, 3.8) is 0 Å². The first-order valence-corrected chi connectivity index (χ1v) is 6.39. The van der Waals surface area contributed by atoms with Crippen LogP contribution in [0.1, 0.15) is 22.2 Å². The van der Waals surface area contributed by atoms with Crippen molar-refractivity contribution < 1.29 is 14.6 Å². The summed E-state index contributed by atoms with van der Waals surface area (Å²) in [5.74, 6) is -1.01. The van der Waals surface area contributed by atoms with Gasteiger partial charge in [0.2, 0.25) is 0 Å². The minimum absolute atomic E-state index is 0.00924. The zero-order chi connectivity index (χ0) is 14.2. The number of hydrogen-bond acceptors (Lipinski definition) is 6. The molecule has 1 heterocycles. The summed E-state index contributed by atoms with van der Waals surface area (Å²) < 4.78 is 5.07. The standard InChI is InChI=1S/C12H11NO5S/c1-3-18-10-7(8(14)9(10)15)13-6-4-19-11(5(6)2)12(16)17/h4,13H,3H2,1-2H3,(H,16,17). The first kappa shape index (κ1) is 13.3. The molecular formula is C12H11NO5S. The van der Waals surface area contributed by atoms with E-state index in [2.05, 4.69) is 5.32 Å². The van der Waals surface area contributed by atoms with Gasteiger partial charge in [-0.1, -0.05) is 0 Å². The van der Waals surface area contributed by atoms with E-state index in [1.54, 1.807) is 19.2 Å². The Morgan fingerprint density at radius 1 is 1.42 bits per heavy atom. The van der Waals surface area contributed by atoms with Gasteiger partial charge < -0.3 is 15.2 Å². The van der Waals surface area contributed by atoms with Crippen LogP contribution in [0.15, 0.2) is 15.0 Å². The van der Waals surface area contributed by atoms with Crippen molar-refractivity contribution in [1.82, 2.24) is 0 Å². The molecule has 1 aromatic heterocycles. The zero-order valence-electron chi connectivity index (χ0n) is 10.3. The maximum absolute atomic E-state index is 11.4. The molecule has 0 aliphatic carbocycles. The summed E-state index contributed by atoms with van der Waals surface area (Å²) in [5, 5.41) is 13.3. The molecule has 2 N–H and O–H groups in total. The highest BCUT2D eigenvalue weighted by Gasteiger charge is 2.24. The SMILES string of the molecule is CCOc1c(Nc2csc(C(=O)O)c2C)c(=O)c1=O. The summed E-state index contributed by atoms with van der Waals surface area (Å²) in [4.78, 5) is 33.8. The molecule has 0 atom stereocenters. The Morgan fingerprint density at radius 3 is 2.63 bits per heavy atom. The fourth-order valence-corrected chi connectivity index (χ4v) is 2.51. The number of anilines is 2. The minimum atomic E-state index is -1.02. The van der Waals surface area contributed by atoms with E-state index in [0.717, 1.165) is 11.3 Å². The van der Waals surface area contributed by atoms with Crippen molar-refractivity contribution >= 4 is 28.7 Å². The number of carboxylic acid groups (broad SMARTS) is 1. The van der Waals surface area contributed by atoms with Crippen molar-refractivity contribution in [2.75, 3.05) is 11.9 Å². The molecular weight excluding hydrogens is 270 g/mol. The van der Waals surface area contributed by atoms with E-state index >= 15 is 0 Å². The highest BCUT2D eigenvalue weighted by molar-refractivity contribution is 7.12. The summed E-state index contributed by atoms with van der Waals surface area (Å²) in [5.41, 5.74) is -0.199. The van der Waals surface area contributed by atoms with Crippen LogP contribution in [0, 0.1) is 6.92 Å². The Bertz CT molecular complexity index is 708. The van der Waals surface area contributed by atoms with Gasteiger partial charge >= 0.3 is 5.97 Å². The van der Waals surface area contributed by atoms with Gasteiger partial charge in [-0.15, -0.1) is 11.3 Å². The number of aromatic carboxylic acids is 1. The fraction of sp³-hybridized carbons (Fsp3) is 0.250. The van der Waals surface area contributed by atoms with Crippen molar-refractivity contribution in [1.29, 1.82) is 0 Å². The van der Waals surface area contributed by atoms with Gasteiger partial charge in [0.1, 0.15) is 10.6 Å². The van der Waals surface area contributed by atoms with Gasteiger partial charge in [0.05, 0.1) is 12.3 Å². The number of thiophene rings is 1. The van der Waals surface area contributed by atoms with Crippen molar-refractivity contribution in [2.45, 2.75) is 13.8 Å². The number of rotatable bonds is 5. The monoisotopic (exact) mass is 281 g/mol. The molecule has 0 bridgehead atoms. The molecule has 2 rings (SSSR count). The second-order valence-electron chi connectivity index (χ2n) is 3.83. The summed E-state index contributed by atoms with van der Waals surface area (Å²) in [6.07, 6.45) is 0. The Labute approximate surface area is 112 Å². The summed E-state index contributed by atoms with van der Waals surface area (Å²) in [6.45, 7) is 3.62. The van der Waals surface area contributed by atoms with Crippen LogP contribution in [0.5, 0.6) is 5.75 Å². The van der Waals surface area contributed by atoms with Crippen LogP contribution in [0.2, 0.25) is 0 Å². The van der Waals surface area contributed by atoms with Crippen LogP contribution < -0.4 is 20.9 Å². The van der Waals surface area contributed by atoms with Crippen molar-refractivity contribution in [3.05, 3.63) is 36.3 Å². The van der Waals surface area contributed by atoms with E-state index < -0.39 is 16.8 Å². The van der Waals surface area contributed by atoms with Crippen LogP contribution in [-0.2, 0) is 0 Å². The van der Waals surface area contributed by atoms with E-state index in [0.29, 0.717) is 11.3 Å². The Morgan fingerprint density at radius 2 is 2.11 bits per heavy atom. The Kier molecular flexibility index (Phi) is 3.39. The Balaban J connectivity index is 2.33. The van der Waals surface area contributed by atoms with Gasteiger partial charge in [-0.3, -0.25) is 9.59 Å². The molecule has 2 aromatic rings. The zero-order valence-corrected chi connectivity index (χ0v) is 11.1. The first-order chi connectivity index (χ1) is 8.97. The molecule has 0 fully saturated rings. The second kappa shape index (κ2) is 4.85. The third-order valence-electron chi connectivity index (χ3n) is 2.65. The third kappa shape index (κ3) is 2.12. The first-order valence-electron chi connectivity index (χ1n) is 5.51. The average molecular weight is 281 g/mol. The lowest BCUT2D eigenvalue weighted by molar-refractivity contribution is 0.0701. The quantitative estimate of drug-likeness (QED) is 0.807. The van der Waals surface area contributed by atoms with E-state index in [4.69, 9.17) is 9.84 Å². The normalized spacial score (nSPS) is 10.6. The molecule has 0 aliphatic heterocycles. The highest BCUT2D eigenvalue weighted by atomic mass is 32.1. The molecule has 1 aromatic carbocycles. The van der Waals surface area contributed by atoms with E-state index in [1.807, 2.05) is 0 Å². The number of ether oxygens (including phenoxy) is 1. The predicted molar refractivity (Wildman–Crippen MR) is 71.8 cm³/mol. The number of carbonyl (C=O) groups is 1. The van der Waals surface area contributed by atoms with Gasteiger partial charge in [0.25, 0.3) is 10.9 Å². The molecule has 0 saturated carbocycles. The van der Waals surface area contributed by atoms with Gasteiger partial charge in [-0.25, -0.2) is 4.79 Å². The molecule has 0 aliphatic rings. The largest absolute Gasteiger partial charge is 0.488 e. The van der Waals surface area contributed by atoms with Crippen molar-refractivity contribution in [2.24, 2.45) is 0 Å². The highest BCUT2D eigenvalue weighted by Crippen LogP contribution is 2.30. The van der Waals surface area contributed by atoms with Gasteiger partial charge in [0, 0.05) is 5.38 Å². The van der Waals surface area contributed by atoms with E-state index in [9.17, 15) is 14.4 Å². The van der Waals surface area contributed by atoms with Crippen LogP contribution in [0.25, 0.3) is 0 Å². The number of hydrogen-bond donors (Lipinski definition) is 2. The Hall–Kier alpha value is -2.15. The molecule has 0 saturated heterocycles. The maximum atomic E-state index is 11.4. The smallest absolute Gasteiger partial charge is 0.346 e. The number of carboxylic acids is 1. The predicted octanol–water partition coefficient (Wildman–Crippen LogP) is 1.49. The fourth-order valence-electron chi connectivity index (χ4n) is 1.65. The van der Waals surface area contributed by atoms with E-state index in [1.165, 1.54) is 0 Å². The molecule has 7 heteroatoms. The summed E-state index contributed by atoms with van der Waals surface area (Å²) in [7, 11) is 0. The molecule has 19 heavy (non-hydrogen) atoms. The summed E-state index contributed by atoms with van der Waals surface area (Å²) >= 11 is 1.06. The molecule has 0 radical (unpaired) electrons. The van der Waals surface area contributed by atoms with Crippen LogP contribution in [-0.4, -0.2) is 17.7 Å². The minimum Gasteiger partial charge on any atom is -0.488 e. The lowest BCUT2D eigenvalue weighted by Gasteiger charge is -2.12. The lowest BCUT2D eigenvalue weighted by Crippen LogP contribution is -2.35. The molecule has 6 nitrogen and oxygen atoms in total. The summed E-state index contributed by atoms with van der Waals surface area (Å²) in [6, 6.07) is 0.